The van der Waals surface area contributed by atoms with Gasteiger partial charge in [0.1, 0.15) is 5.82 Å². The van der Waals surface area contributed by atoms with Crippen LogP contribution in [0.5, 0.6) is 11.5 Å². The summed E-state index contributed by atoms with van der Waals surface area (Å²) in [6, 6.07) is 66.9. The number of fused-ring (bicyclic) bond motifs is 4. The molecule has 0 atom stereocenters. The van der Waals surface area contributed by atoms with Gasteiger partial charge in [-0.15, -0.1) is 48.1 Å². The molecule has 0 saturated heterocycles. The van der Waals surface area contributed by atoms with Crippen LogP contribution in [0.15, 0.2) is 176 Å². The third-order valence-corrected chi connectivity index (χ3v) is 11.8. The van der Waals surface area contributed by atoms with Crippen molar-refractivity contribution in [1.29, 1.82) is 0 Å². The van der Waals surface area contributed by atoms with E-state index in [-0.39, 0.29) is 31.9 Å². The zero-order valence-electron chi connectivity index (χ0n) is 34.8. The Morgan fingerprint density at radius 1 is 0.541 bits per heavy atom. The molecule has 61 heavy (non-hydrogen) atoms. The van der Waals surface area contributed by atoms with E-state index in [1.54, 1.807) is 0 Å². The first-order valence-electron chi connectivity index (χ1n) is 20.5. The van der Waals surface area contributed by atoms with Crippen molar-refractivity contribution < 1.29 is 25.8 Å². The maximum atomic E-state index is 6.66. The van der Waals surface area contributed by atoms with Gasteiger partial charge in [-0.05, 0) is 81.1 Å². The molecule has 0 fully saturated rings. The summed E-state index contributed by atoms with van der Waals surface area (Å²) >= 11 is 0. The zero-order chi connectivity index (χ0) is 41.0. The van der Waals surface area contributed by atoms with Crippen LogP contribution < -0.4 is 14.5 Å². The molecule has 10 rings (SSSR count). The van der Waals surface area contributed by atoms with Crippen LogP contribution in [-0.2, 0) is 31.9 Å². The number of nitrogens with zero attached hydrogens (tertiary/aromatic N) is 4. The van der Waals surface area contributed by atoms with Gasteiger partial charge in [0.25, 0.3) is 0 Å². The van der Waals surface area contributed by atoms with E-state index in [0.29, 0.717) is 11.5 Å². The minimum atomic E-state index is -0.238. The minimum absolute atomic E-state index is 0. The molecule has 9 aromatic rings. The van der Waals surface area contributed by atoms with Crippen molar-refractivity contribution in [3.05, 3.63) is 212 Å². The Balaban J connectivity index is 0.00000476. The van der Waals surface area contributed by atoms with Crippen LogP contribution in [-0.4, -0.2) is 9.55 Å². The molecule has 1 aliphatic heterocycles. The van der Waals surface area contributed by atoms with Gasteiger partial charge in [0.15, 0.2) is 0 Å². The Morgan fingerprint density at radius 3 is 2.00 bits per heavy atom. The van der Waals surface area contributed by atoms with Crippen molar-refractivity contribution in [3.63, 3.8) is 0 Å². The molecule has 0 saturated carbocycles. The molecule has 0 amide bonds. The molecule has 2 aromatic heterocycles. The molecule has 0 radical (unpaired) electrons. The normalized spacial score (nSPS) is 12.7. The van der Waals surface area contributed by atoms with Crippen molar-refractivity contribution in [2.45, 2.75) is 45.4 Å². The number of para-hydroxylation sites is 2. The number of benzene rings is 7. The standard InChI is InChI=1S/C55H45N4O.Pt/c1-54(2,3)41-20-14-21-43(33-41)57-37-58(51-25-13-12-24-50(51)57)44-22-15-23-45(35-44)60-46-27-28-47-48-32-39(38-16-8-6-9-17-38)26-29-49(48)59(52(47)36-46)53-34-42(30-31-56-53)55(4,5)40-18-10-7-11-19-40;/h6-34,37H,1-5H3;/q-3;. The second kappa shape index (κ2) is 15.9. The Hall–Kier alpha value is -6.42. The van der Waals surface area contributed by atoms with Crippen molar-refractivity contribution in [3.8, 4) is 28.4 Å². The fourth-order valence-corrected chi connectivity index (χ4v) is 8.37. The minimum Gasteiger partial charge on any atom is -0.509 e. The number of anilines is 4. The molecule has 0 N–H and O–H groups in total. The number of pyridine rings is 1. The number of ether oxygens (including phenoxy) is 1. The van der Waals surface area contributed by atoms with Crippen molar-refractivity contribution in [2.75, 3.05) is 9.80 Å². The molecule has 7 aromatic carbocycles. The van der Waals surface area contributed by atoms with E-state index in [1.807, 2.05) is 24.4 Å². The van der Waals surface area contributed by atoms with Crippen molar-refractivity contribution in [1.82, 2.24) is 9.55 Å². The van der Waals surface area contributed by atoms with Crippen LogP contribution in [0, 0.1) is 18.8 Å². The van der Waals surface area contributed by atoms with Gasteiger partial charge in [-0.25, -0.2) is 4.98 Å². The fraction of sp³-hybridized carbons (Fsp3) is 0.127. The summed E-state index contributed by atoms with van der Waals surface area (Å²) in [5, 5.41) is 2.19. The Bertz CT molecular complexity index is 3020. The Morgan fingerprint density at radius 2 is 1.23 bits per heavy atom. The zero-order valence-corrected chi connectivity index (χ0v) is 37.1. The van der Waals surface area contributed by atoms with E-state index in [4.69, 9.17) is 9.72 Å². The smallest absolute Gasteiger partial charge is 0.135 e. The van der Waals surface area contributed by atoms with Crippen LogP contribution in [0.2, 0.25) is 0 Å². The van der Waals surface area contributed by atoms with Crippen LogP contribution in [0.1, 0.15) is 51.3 Å². The molecule has 3 heterocycles. The van der Waals surface area contributed by atoms with Crippen molar-refractivity contribution in [2.24, 2.45) is 0 Å². The maximum Gasteiger partial charge on any atom is 0.135 e. The second-order valence-electron chi connectivity index (χ2n) is 17.1. The van der Waals surface area contributed by atoms with Gasteiger partial charge in [0.05, 0.1) is 0 Å². The molecular weight excluding hydrogens is 928 g/mol. The summed E-state index contributed by atoms with van der Waals surface area (Å²) in [5.74, 6) is 2.02. The van der Waals surface area contributed by atoms with E-state index < -0.39 is 0 Å². The van der Waals surface area contributed by atoms with Crippen LogP contribution >= 0.6 is 0 Å². The van der Waals surface area contributed by atoms with E-state index in [0.717, 1.165) is 55.9 Å². The molecule has 0 bridgehead atoms. The van der Waals surface area contributed by atoms with Gasteiger partial charge < -0.3 is 19.1 Å². The second-order valence-corrected chi connectivity index (χ2v) is 17.1. The SMILES string of the molecule is CC(C)(C)c1cccc(N2[CH-]N(c3[c-]c(Oc4[c-]c5c(cc4)c4cc(-c6ccccc6)ccc4n5-c4cc(C(C)(C)c5ccccc5)ccn4)ccc3)c3ccccc32)c1.[Pt]. The first-order chi connectivity index (χ1) is 29.1. The summed E-state index contributed by atoms with van der Waals surface area (Å²) in [7, 11) is 0. The van der Waals surface area contributed by atoms with Gasteiger partial charge in [0.2, 0.25) is 0 Å². The first-order valence-corrected chi connectivity index (χ1v) is 20.5. The molecule has 304 valence electrons. The number of hydrogen-bond donors (Lipinski definition) is 0. The van der Waals surface area contributed by atoms with Gasteiger partial charge >= 0.3 is 0 Å². The quantitative estimate of drug-likeness (QED) is 0.142. The van der Waals surface area contributed by atoms with Crippen LogP contribution in [0.25, 0.3) is 38.8 Å². The average Bonchev–Trinajstić information content (AvgIpc) is 3.83. The molecular formula is C55H45N4OPt-3. The number of aromatic nitrogens is 2. The fourth-order valence-electron chi connectivity index (χ4n) is 8.37. The molecule has 1 aliphatic rings. The van der Waals surface area contributed by atoms with E-state index in [1.165, 1.54) is 22.3 Å². The topological polar surface area (TPSA) is 33.5 Å². The summed E-state index contributed by atoms with van der Waals surface area (Å²) in [6.07, 6.45) is 1.92. The average molecular weight is 973 g/mol. The number of hydrogen-bond acceptors (Lipinski definition) is 4. The molecule has 6 heteroatoms. The van der Waals surface area contributed by atoms with Crippen molar-refractivity contribution >= 4 is 44.6 Å². The van der Waals surface area contributed by atoms with E-state index in [2.05, 4.69) is 219 Å². The summed E-state index contributed by atoms with van der Waals surface area (Å²) in [6.45, 7) is 13.4. The monoisotopic (exact) mass is 972 g/mol. The third kappa shape index (κ3) is 7.42. The summed E-state index contributed by atoms with van der Waals surface area (Å²) < 4.78 is 8.87. The maximum absolute atomic E-state index is 6.66. The Labute approximate surface area is 373 Å². The largest absolute Gasteiger partial charge is 0.509 e. The van der Waals surface area contributed by atoms with Gasteiger partial charge in [-0.2, -0.15) is 12.1 Å². The number of rotatable bonds is 8. The first kappa shape index (κ1) is 40.0. The van der Waals surface area contributed by atoms with Gasteiger partial charge in [-0.1, -0.05) is 137 Å². The van der Waals surface area contributed by atoms with Crippen LogP contribution in [0.3, 0.4) is 0 Å². The predicted molar refractivity (Wildman–Crippen MR) is 247 cm³/mol. The van der Waals surface area contributed by atoms with Gasteiger partial charge in [0, 0.05) is 66.8 Å². The Kier molecular flexibility index (Phi) is 10.4. The van der Waals surface area contributed by atoms with Gasteiger partial charge in [-0.3, -0.25) is 0 Å². The summed E-state index contributed by atoms with van der Waals surface area (Å²) in [5.41, 5.74) is 11.9. The van der Waals surface area contributed by atoms with Crippen LogP contribution in [0.4, 0.5) is 22.7 Å². The summed E-state index contributed by atoms with van der Waals surface area (Å²) in [4.78, 5) is 9.41. The molecule has 0 aliphatic carbocycles. The molecule has 0 spiro atoms. The van der Waals surface area contributed by atoms with E-state index in [9.17, 15) is 0 Å². The molecule has 5 nitrogen and oxygen atoms in total. The third-order valence-electron chi connectivity index (χ3n) is 11.8. The predicted octanol–water partition coefficient (Wildman–Crippen LogP) is 14.3. The molecule has 0 unspecified atom stereocenters. The van der Waals surface area contributed by atoms with E-state index >= 15 is 0 Å².